The van der Waals surface area contributed by atoms with E-state index in [1.54, 1.807) is 24.5 Å². The zero-order valence-corrected chi connectivity index (χ0v) is 13.0. The topological polar surface area (TPSA) is 33.2 Å². The first kappa shape index (κ1) is 16.1. The molecule has 1 aromatic heterocycles. The predicted molar refractivity (Wildman–Crippen MR) is 84.6 cm³/mol. The zero-order valence-electron chi connectivity index (χ0n) is 13.0. The summed E-state index contributed by atoms with van der Waals surface area (Å²) in [4.78, 5) is 18.5. The molecule has 1 aromatic carbocycles. The van der Waals surface area contributed by atoms with Gasteiger partial charge in [0.2, 0.25) is 5.91 Å². The number of aromatic nitrogens is 1. The van der Waals surface area contributed by atoms with Gasteiger partial charge in [0.1, 0.15) is 5.82 Å². The maximum Gasteiger partial charge on any atom is 0.227 e. The molecule has 0 radical (unpaired) electrons. The number of carbonyl (C=O) groups is 1. The smallest absolute Gasteiger partial charge is 0.227 e. The Balaban J connectivity index is 2.12. The second-order valence-corrected chi connectivity index (χ2v) is 5.44. The molecule has 0 aliphatic heterocycles. The van der Waals surface area contributed by atoms with Gasteiger partial charge in [0, 0.05) is 25.0 Å². The lowest BCUT2D eigenvalue weighted by molar-refractivity contribution is -0.133. The molecule has 1 amide bonds. The van der Waals surface area contributed by atoms with Crippen LogP contribution in [0, 0.1) is 5.82 Å². The summed E-state index contributed by atoms with van der Waals surface area (Å²) in [7, 11) is 0. The number of nitrogens with zero attached hydrogens (tertiary/aromatic N) is 2. The molecule has 2 rings (SSSR count). The molecule has 0 saturated carbocycles. The molecule has 1 atom stereocenters. The summed E-state index contributed by atoms with van der Waals surface area (Å²) in [6, 6.07) is 10.2. The molecule has 4 heteroatoms. The molecule has 2 aromatic rings. The third kappa shape index (κ3) is 4.38. The Labute approximate surface area is 130 Å². The van der Waals surface area contributed by atoms with Gasteiger partial charge in [0.15, 0.2) is 0 Å². The summed E-state index contributed by atoms with van der Waals surface area (Å²) in [6.45, 7) is 4.63. The average molecular weight is 300 g/mol. The van der Waals surface area contributed by atoms with E-state index in [1.807, 2.05) is 24.0 Å². The van der Waals surface area contributed by atoms with Gasteiger partial charge < -0.3 is 4.90 Å². The van der Waals surface area contributed by atoms with Crippen molar-refractivity contribution in [2.24, 2.45) is 0 Å². The Kier molecular flexibility index (Phi) is 5.64. The number of rotatable bonds is 6. The number of hydrogen-bond acceptors (Lipinski definition) is 2. The molecule has 0 N–H and O–H groups in total. The molecule has 116 valence electrons. The molecule has 22 heavy (non-hydrogen) atoms. The summed E-state index contributed by atoms with van der Waals surface area (Å²) < 4.78 is 13.3. The van der Waals surface area contributed by atoms with E-state index in [1.165, 1.54) is 12.1 Å². The SMILES string of the molecule is CC[C@H](C)N(Cc1ccncc1)C(=O)Cc1cccc(F)c1. The van der Waals surface area contributed by atoms with E-state index in [4.69, 9.17) is 0 Å². The maximum atomic E-state index is 13.3. The van der Waals surface area contributed by atoms with Crippen molar-refractivity contribution in [3.63, 3.8) is 0 Å². The predicted octanol–water partition coefficient (Wildman–Crippen LogP) is 3.59. The molecular weight excluding hydrogens is 279 g/mol. The second kappa shape index (κ2) is 7.69. The minimum absolute atomic E-state index is 0.0109. The highest BCUT2D eigenvalue weighted by molar-refractivity contribution is 5.79. The summed E-state index contributed by atoms with van der Waals surface area (Å²) in [5, 5.41) is 0. The summed E-state index contributed by atoms with van der Waals surface area (Å²) in [6.07, 6.45) is 4.54. The number of hydrogen-bond donors (Lipinski definition) is 0. The number of benzene rings is 1. The minimum Gasteiger partial charge on any atom is -0.335 e. The van der Waals surface area contributed by atoms with Gasteiger partial charge in [0.05, 0.1) is 6.42 Å². The highest BCUT2D eigenvalue weighted by atomic mass is 19.1. The normalized spacial score (nSPS) is 12.0. The third-order valence-corrected chi connectivity index (χ3v) is 3.79. The molecule has 0 aliphatic rings. The quantitative estimate of drug-likeness (QED) is 0.817. The average Bonchev–Trinajstić information content (AvgIpc) is 2.53. The second-order valence-electron chi connectivity index (χ2n) is 5.44. The zero-order chi connectivity index (χ0) is 15.9. The van der Waals surface area contributed by atoms with Crippen molar-refractivity contribution < 1.29 is 9.18 Å². The standard InChI is InChI=1S/C18H21FN2O/c1-3-14(2)21(13-15-7-9-20-10-8-15)18(22)12-16-5-4-6-17(19)11-16/h4-11,14H,3,12-13H2,1-2H3/t14-/m0/s1. The van der Waals surface area contributed by atoms with Gasteiger partial charge >= 0.3 is 0 Å². The molecule has 0 saturated heterocycles. The van der Waals surface area contributed by atoms with Crippen LogP contribution in [-0.2, 0) is 17.8 Å². The van der Waals surface area contributed by atoms with E-state index in [0.717, 1.165) is 12.0 Å². The van der Waals surface area contributed by atoms with Crippen LogP contribution in [0.25, 0.3) is 0 Å². The van der Waals surface area contributed by atoms with Gasteiger partial charge in [-0.25, -0.2) is 4.39 Å². The fourth-order valence-electron chi connectivity index (χ4n) is 2.32. The van der Waals surface area contributed by atoms with E-state index in [9.17, 15) is 9.18 Å². The maximum absolute atomic E-state index is 13.3. The Bertz CT molecular complexity index is 615. The van der Waals surface area contributed by atoms with Crippen molar-refractivity contribution in [1.29, 1.82) is 0 Å². The van der Waals surface area contributed by atoms with Crippen LogP contribution in [-0.4, -0.2) is 21.8 Å². The Morgan fingerprint density at radius 1 is 1.23 bits per heavy atom. The van der Waals surface area contributed by atoms with Crippen molar-refractivity contribution >= 4 is 5.91 Å². The third-order valence-electron chi connectivity index (χ3n) is 3.79. The van der Waals surface area contributed by atoms with Crippen LogP contribution >= 0.6 is 0 Å². The van der Waals surface area contributed by atoms with E-state index >= 15 is 0 Å². The van der Waals surface area contributed by atoms with E-state index < -0.39 is 0 Å². The minimum atomic E-state index is -0.311. The Hall–Kier alpha value is -2.23. The molecule has 1 heterocycles. The van der Waals surface area contributed by atoms with Crippen LogP contribution in [0.1, 0.15) is 31.4 Å². The van der Waals surface area contributed by atoms with Crippen molar-refractivity contribution in [2.45, 2.75) is 39.3 Å². The van der Waals surface area contributed by atoms with Crippen molar-refractivity contribution in [3.05, 3.63) is 65.7 Å². The largest absolute Gasteiger partial charge is 0.335 e. The number of carbonyl (C=O) groups excluding carboxylic acids is 1. The van der Waals surface area contributed by atoms with E-state index in [2.05, 4.69) is 11.9 Å². The lowest BCUT2D eigenvalue weighted by atomic mass is 10.1. The molecule has 0 bridgehead atoms. The Morgan fingerprint density at radius 2 is 1.95 bits per heavy atom. The van der Waals surface area contributed by atoms with Crippen LogP contribution < -0.4 is 0 Å². The molecule has 3 nitrogen and oxygen atoms in total. The first-order valence-electron chi connectivity index (χ1n) is 7.53. The fraction of sp³-hybridized carbons (Fsp3) is 0.333. The van der Waals surface area contributed by atoms with E-state index in [-0.39, 0.29) is 24.2 Å². The molecule has 0 aliphatic carbocycles. The van der Waals surface area contributed by atoms with Gasteiger partial charge in [0.25, 0.3) is 0 Å². The summed E-state index contributed by atoms with van der Waals surface area (Å²) in [5.74, 6) is -0.300. The number of amides is 1. The fourth-order valence-corrected chi connectivity index (χ4v) is 2.32. The van der Waals surface area contributed by atoms with Crippen LogP contribution in [0.15, 0.2) is 48.8 Å². The first-order valence-corrected chi connectivity index (χ1v) is 7.53. The highest BCUT2D eigenvalue weighted by Crippen LogP contribution is 2.14. The summed E-state index contributed by atoms with van der Waals surface area (Å²) >= 11 is 0. The van der Waals surface area contributed by atoms with Crippen molar-refractivity contribution in [2.75, 3.05) is 0 Å². The Morgan fingerprint density at radius 3 is 2.59 bits per heavy atom. The van der Waals surface area contributed by atoms with E-state index in [0.29, 0.717) is 12.1 Å². The van der Waals surface area contributed by atoms with Crippen molar-refractivity contribution in [3.8, 4) is 0 Å². The lowest BCUT2D eigenvalue weighted by Gasteiger charge is -2.29. The van der Waals surface area contributed by atoms with Crippen LogP contribution in [0.4, 0.5) is 4.39 Å². The highest BCUT2D eigenvalue weighted by Gasteiger charge is 2.19. The monoisotopic (exact) mass is 300 g/mol. The first-order chi connectivity index (χ1) is 10.6. The van der Waals surface area contributed by atoms with Gasteiger partial charge in [-0.3, -0.25) is 9.78 Å². The summed E-state index contributed by atoms with van der Waals surface area (Å²) in [5.41, 5.74) is 1.75. The molecular formula is C18H21FN2O. The molecule has 0 spiro atoms. The van der Waals surface area contributed by atoms with Crippen molar-refractivity contribution in [1.82, 2.24) is 9.88 Å². The van der Waals surface area contributed by atoms with Gasteiger partial charge in [-0.2, -0.15) is 0 Å². The van der Waals surface area contributed by atoms with Crippen LogP contribution in [0.3, 0.4) is 0 Å². The number of halogens is 1. The van der Waals surface area contributed by atoms with Gasteiger partial charge in [-0.15, -0.1) is 0 Å². The lowest BCUT2D eigenvalue weighted by Crippen LogP contribution is -2.38. The molecule has 0 fully saturated rings. The van der Waals surface area contributed by atoms with Gasteiger partial charge in [-0.05, 0) is 48.7 Å². The van der Waals surface area contributed by atoms with Crippen LogP contribution in [0.2, 0.25) is 0 Å². The van der Waals surface area contributed by atoms with Crippen LogP contribution in [0.5, 0.6) is 0 Å². The van der Waals surface area contributed by atoms with Gasteiger partial charge in [-0.1, -0.05) is 19.1 Å². The molecule has 0 unspecified atom stereocenters. The number of pyridine rings is 1.